The van der Waals surface area contributed by atoms with Gasteiger partial charge in [-0.15, -0.1) is 0 Å². The van der Waals surface area contributed by atoms with Crippen LogP contribution in [0.2, 0.25) is 5.02 Å². The van der Waals surface area contributed by atoms with Crippen LogP contribution in [0.4, 0.5) is 0 Å². The molecule has 19 heavy (non-hydrogen) atoms. The first kappa shape index (κ1) is 11.4. The van der Waals surface area contributed by atoms with Gasteiger partial charge in [0.1, 0.15) is 5.58 Å². The van der Waals surface area contributed by atoms with Crippen molar-refractivity contribution in [2.24, 2.45) is 0 Å². The highest BCUT2D eigenvalue weighted by molar-refractivity contribution is 6.40. The maximum atomic E-state index is 6.40. The number of fused-ring (bicyclic) bond motifs is 2. The maximum Gasteiger partial charge on any atom is 0.153 e. The Kier molecular flexibility index (Phi) is 2.57. The number of nitrogens with one attached hydrogen (secondary N) is 1. The first-order chi connectivity index (χ1) is 9.36. The maximum absolute atomic E-state index is 6.40. The molecule has 0 radical (unpaired) electrons. The predicted molar refractivity (Wildman–Crippen MR) is 75.8 cm³/mol. The number of hydrogen-bond acceptors (Lipinski definition) is 3. The highest BCUT2D eigenvalue weighted by Crippen LogP contribution is 2.42. The number of furan rings is 2. The van der Waals surface area contributed by atoms with Gasteiger partial charge in [-0.3, -0.25) is 0 Å². The lowest BCUT2D eigenvalue weighted by Gasteiger charge is -2.24. The molecular formula is C15H14ClNO2. The van der Waals surface area contributed by atoms with Crippen LogP contribution in [0.3, 0.4) is 0 Å². The fraction of sp³-hybridized carbons (Fsp3) is 0.333. The Labute approximate surface area is 115 Å². The predicted octanol–water partition coefficient (Wildman–Crippen LogP) is 4.30. The van der Waals surface area contributed by atoms with Crippen molar-refractivity contribution in [2.75, 3.05) is 13.1 Å². The fourth-order valence-electron chi connectivity index (χ4n) is 3.13. The van der Waals surface area contributed by atoms with Crippen LogP contribution in [0.5, 0.6) is 0 Å². The fourth-order valence-corrected chi connectivity index (χ4v) is 3.43. The zero-order valence-corrected chi connectivity index (χ0v) is 11.2. The van der Waals surface area contributed by atoms with Crippen molar-refractivity contribution in [3.63, 3.8) is 0 Å². The van der Waals surface area contributed by atoms with Gasteiger partial charge < -0.3 is 14.2 Å². The summed E-state index contributed by atoms with van der Waals surface area (Å²) in [5.74, 6) is 0.458. The van der Waals surface area contributed by atoms with Gasteiger partial charge in [-0.25, -0.2) is 0 Å². The van der Waals surface area contributed by atoms with E-state index in [1.807, 2.05) is 12.1 Å². The third kappa shape index (κ3) is 1.62. The van der Waals surface area contributed by atoms with E-state index in [4.69, 9.17) is 20.4 Å². The third-order valence-electron chi connectivity index (χ3n) is 4.01. The van der Waals surface area contributed by atoms with Gasteiger partial charge in [-0.05, 0) is 31.5 Å². The van der Waals surface area contributed by atoms with Crippen LogP contribution in [-0.4, -0.2) is 13.1 Å². The Morgan fingerprint density at radius 1 is 1.11 bits per heavy atom. The SMILES string of the molecule is Clc1c2ccoc2c(C2CCCNC2)c2ccoc12. The van der Waals surface area contributed by atoms with E-state index in [2.05, 4.69) is 5.32 Å². The van der Waals surface area contributed by atoms with Crippen LogP contribution in [-0.2, 0) is 0 Å². The second kappa shape index (κ2) is 4.29. The van der Waals surface area contributed by atoms with E-state index in [0.717, 1.165) is 35.0 Å². The molecule has 0 spiro atoms. The van der Waals surface area contributed by atoms with Crippen molar-refractivity contribution in [3.8, 4) is 0 Å². The highest BCUT2D eigenvalue weighted by atomic mass is 35.5. The molecule has 98 valence electrons. The Balaban J connectivity index is 2.06. The molecular weight excluding hydrogens is 262 g/mol. The average Bonchev–Trinajstić information content (AvgIpc) is 3.09. The standard InChI is InChI=1S/C15H14ClNO2/c16-13-11-4-7-18-14(11)12(9-2-1-5-17-8-9)10-3-6-19-15(10)13/h3-4,6-7,9,17H,1-2,5,8H2. The summed E-state index contributed by atoms with van der Waals surface area (Å²) in [7, 11) is 0. The number of rotatable bonds is 1. The first-order valence-corrected chi connectivity index (χ1v) is 7.00. The average molecular weight is 276 g/mol. The first-order valence-electron chi connectivity index (χ1n) is 6.62. The van der Waals surface area contributed by atoms with Crippen LogP contribution in [0.25, 0.3) is 21.9 Å². The van der Waals surface area contributed by atoms with E-state index in [-0.39, 0.29) is 0 Å². The van der Waals surface area contributed by atoms with Gasteiger partial charge >= 0.3 is 0 Å². The molecule has 3 heterocycles. The topological polar surface area (TPSA) is 38.3 Å². The zero-order valence-electron chi connectivity index (χ0n) is 10.4. The molecule has 1 saturated heterocycles. The molecule has 0 amide bonds. The van der Waals surface area contributed by atoms with Crippen LogP contribution in [0, 0.1) is 0 Å². The molecule has 3 aromatic rings. The van der Waals surface area contributed by atoms with Gasteiger partial charge in [0.05, 0.1) is 17.5 Å². The normalized spacial score (nSPS) is 20.4. The zero-order chi connectivity index (χ0) is 12.8. The molecule has 2 aromatic heterocycles. The van der Waals surface area contributed by atoms with Gasteiger partial charge in [0.2, 0.25) is 0 Å². The molecule has 1 N–H and O–H groups in total. The monoisotopic (exact) mass is 275 g/mol. The van der Waals surface area contributed by atoms with E-state index in [9.17, 15) is 0 Å². The minimum atomic E-state index is 0.458. The molecule has 0 saturated carbocycles. The molecule has 1 atom stereocenters. The second-order valence-electron chi connectivity index (χ2n) is 5.10. The second-order valence-corrected chi connectivity index (χ2v) is 5.48. The summed E-state index contributed by atoms with van der Waals surface area (Å²) in [6.07, 6.45) is 5.77. The molecule has 4 heteroatoms. The number of piperidine rings is 1. The summed E-state index contributed by atoms with van der Waals surface area (Å²) in [6.45, 7) is 2.08. The van der Waals surface area contributed by atoms with Crippen molar-refractivity contribution < 1.29 is 8.83 Å². The summed E-state index contributed by atoms with van der Waals surface area (Å²) in [6, 6.07) is 3.91. The Hall–Kier alpha value is -1.45. The van der Waals surface area contributed by atoms with Crippen LogP contribution < -0.4 is 5.32 Å². The molecule has 1 aliphatic rings. The lowest BCUT2D eigenvalue weighted by molar-refractivity contribution is 0.460. The summed E-state index contributed by atoms with van der Waals surface area (Å²) < 4.78 is 11.3. The lowest BCUT2D eigenvalue weighted by atomic mass is 9.88. The number of hydrogen-bond donors (Lipinski definition) is 1. The van der Waals surface area contributed by atoms with E-state index in [0.29, 0.717) is 10.9 Å². The van der Waals surface area contributed by atoms with E-state index in [1.165, 1.54) is 18.4 Å². The van der Waals surface area contributed by atoms with Gasteiger partial charge in [0.25, 0.3) is 0 Å². The number of benzene rings is 1. The van der Waals surface area contributed by atoms with Gasteiger partial charge in [-0.1, -0.05) is 11.6 Å². The largest absolute Gasteiger partial charge is 0.464 e. The van der Waals surface area contributed by atoms with Gasteiger partial charge in [0, 0.05) is 28.8 Å². The molecule has 1 aliphatic heterocycles. The van der Waals surface area contributed by atoms with Crippen molar-refractivity contribution in [1.29, 1.82) is 0 Å². The highest BCUT2D eigenvalue weighted by Gasteiger charge is 2.25. The van der Waals surface area contributed by atoms with Crippen molar-refractivity contribution in [2.45, 2.75) is 18.8 Å². The quantitative estimate of drug-likeness (QED) is 0.719. The van der Waals surface area contributed by atoms with Gasteiger partial charge in [-0.2, -0.15) is 0 Å². The van der Waals surface area contributed by atoms with E-state index < -0.39 is 0 Å². The molecule has 1 fully saturated rings. The molecule has 3 nitrogen and oxygen atoms in total. The molecule has 4 rings (SSSR count). The Bertz CT molecular complexity index is 685. The van der Waals surface area contributed by atoms with Crippen LogP contribution in [0.15, 0.2) is 33.5 Å². The molecule has 1 aromatic carbocycles. The minimum absolute atomic E-state index is 0.458. The van der Waals surface area contributed by atoms with E-state index in [1.54, 1.807) is 12.5 Å². The molecule has 0 bridgehead atoms. The van der Waals surface area contributed by atoms with Gasteiger partial charge in [0.15, 0.2) is 5.58 Å². The smallest absolute Gasteiger partial charge is 0.153 e. The molecule has 1 unspecified atom stereocenters. The number of halogens is 1. The Morgan fingerprint density at radius 3 is 2.68 bits per heavy atom. The summed E-state index contributed by atoms with van der Waals surface area (Å²) in [5, 5.41) is 6.14. The van der Waals surface area contributed by atoms with Crippen molar-refractivity contribution >= 4 is 33.5 Å². The molecule has 0 aliphatic carbocycles. The lowest BCUT2D eigenvalue weighted by Crippen LogP contribution is -2.28. The van der Waals surface area contributed by atoms with Crippen LogP contribution in [0.1, 0.15) is 24.3 Å². The summed E-state index contributed by atoms with van der Waals surface area (Å²) >= 11 is 6.40. The summed E-state index contributed by atoms with van der Waals surface area (Å²) in [5.41, 5.74) is 2.92. The summed E-state index contributed by atoms with van der Waals surface area (Å²) in [4.78, 5) is 0. The van der Waals surface area contributed by atoms with Crippen molar-refractivity contribution in [1.82, 2.24) is 5.32 Å². The Morgan fingerprint density at radius 2 is 1.89 bits per heavy atom. The third-order valence-corrected chi connectivity index (χ3v) is 4.38. The van der Waals surface area contributed by atoms with Crippen LogP contribution >= 0.6 is 11.6 Å². The van der Waals surface area contributed by atoms with Crippen molar-refractivity contribution in [3.05, 3.63) is 35.2 Å². The minimum Gasteiger partial charge on any atom is -0.464 e. The van der Waals surface area contributed by atoms with E-state index >= 15 is 0 Å².